The zero-order valence-electron chi connectivity index (χ0n) is 13.6. The monoisotopic (exact) mass is 301 g/mol. The fourth-order valence-electron chi connectivity index (χ4n) is 3.90. The summed E-state index contributed by atoms with van der Waals surface area (Å²) in [6.45, 7) is 8.25. The highest BCUT2D eigenvalue weighted by Gasteiger charge is 2.45. The van der Waals surface area contributed by atoms with E-state index in [0.29, 0.717) is 5.41 Å². The van der Waals surface area contributed by atoms with Crippen LogP contribution in [0.5, 0.6) is 0 Å². The van der Waals surface area contributed by atoms with Gasteiger partial charge >= 0.3 is 0 Å². The first-order chi connectivity index (χ1) is 10.0. The Labute approximate surface area is 133 Å². The van der Waals surface area contributed by atoms with Gasteiger partial charge in [-0.05, 0) is 48.3 Å². The average Bonchev–Trinajstić information content (AvgIpc) is 2.68. The summed E-state index contributed by atoms with van der Waals surface area (Å²) in [5.74, 6) is 2.01. The smallest absolute Gasteiger partial charge is 0.0781 e. The summed E-state index contributed by atoms with van der Waals surface area (Å²) in [6.07, 6.45) is 5.10. The van der Waals surface area contributed by atoms with Crippen molar-refractivity contribution in [3.05, 3.63) is 35.9 Å². The molecule has 114 valence electrons. The molecule has 2 aliphatic rings. The van der Waals surface area contributed by atoms with Gasteiger partial charge in [0.2, 0.25) is 0 Å². The molecule has 2 heteroatoms. The van der Waals surface area contributed by atoms with Crippen molar-refractivity contribution in [1.82, 2.24) is 0 Å². The maximum Gasteiger partial charge on any atom is 0.0781 e. The van der Waals surface area contributed by atoms with E-state index in [1.54, 1.807) is 0 Å². The maximum atomic E-state index is 4.96. The van der Waals surface area contributed by atoms with Gasteiger partial charge < -0.3 is 0 Å². The maximum absolute atomic E-state index is 4.96. The van der Waals surface area contributed by atoms with Gasteiger partial charge in [0.25, 0.3) is 0 Å². The molecule has 0 N–H and O–H groups in total. The van der Waals surface area contributed by atoms with E-state index in [0.717, 1.165) is 12.5 Å². The van der Waals surface area contributed by atoms with E-state index in [1.165, 1.54) is 42.0 Å². The van der Waals surface area contributed by atoms with Crippen LogP contribution in [-0.4, -0.2) is 17.3 Å². The molecule has 1 saturated heterocycles. The van der Waals surface area contributed by atoms with Crippen LogP contribution in [0.4, 0.5) is 0 Å². The predicted octanol–water partition coefficient (Wildman–Crippen LogP) is 5.31. The number of hydrogen-bond donors (Lipinski definition) is 0. The second-order valence-electron chi connectivity index (χ2n) is 7.64. The van der Waals surface area contributed by atoms with Gasteiger partial charge in [0.05, 0.1) is 5.04 Å². The molecule has 21 heavy (non-hydrogen) atoms. The molecule has 0 amide bonds. The second kappa shape index (κ2) is 5.79. The summed E-state index contributed by atoms with van der Waals surface area (Å²) < 4.78 is 0. The zero-order chi connectivity index (χ0) is 14.9. The standard InChI is InChI=1S/C19H27NS/c1-18(2,3)16-10-13-21-17-19(14-16,11-7-12-20-17)15-8-5-4-6-9-15/h4-6,8-9,16H,7,10-14H2,1-3H3/t16-,19+/m0/s1. The molecule has 2 atom stereocenters. The Balaban J connectivity index is 2.05. The molecule has 3 rings (SSSR count). The molecule has 0 aliphatic carbocycles. The van der Waals surface area contributed by atoms with Crippen LogP contribution in [0.15, 0.2) is 35.3 Å². The molecule has 0 unspecified atom stereocenters. The number of thioether (sulfide) groups is 1. The lowest BCUT2D eigenvalue weighted by Crippen LogP contribution is -2.39. The van der Waals surface area contributed by atoms with Crippen molar-refractivity contribution in [2.45, 2.75) is 51.9 Å². The van der Waals surface area contributed by atoms with Crippen LogP contribution >= 0.6 is 11.8 Å². The van der Waals surface area contributed by atoms with E-state index < -0.39 is 0 Å². The van der Waals surface area contributed by atoms with Gasteiger partial charge in [-0.2, -0.15) is 0 Å². The van der Waals surface area contributed by atoms with Crippen LogP contribution in [0.25, 0.3) is 0 Å². The third-order valence-corrected chi connectivity index (χ3v) is 6.51. The summed E-state index contributed by atoms with van der Waals surface area (Å²) in [5, 5.41) is 1.42. The highest BCUT2D eigenvalue weighted by Crippen LogP contribution is 2.49. The lowest BCUT2D eigenvalue weighted by atomic mass is 9.65. The Morgan fingerprint density at radius 2 is 1.95 bits per heavy atom. The van der Waals surface area contributed by atoms with Crippen LogP contribution in [-0.2, 0) is 5.41 Å². The van der Waals surface area contributed by atoms with Gasteiger partial charge in [-0.15, -0.1) is 11.8 Å². The molecule has 0 radical (unpaired) electrons. The Morgan fingerprint density at radius 3 is 2.67 bits per heavy atom. The minimum atomic E-state index is 0.193. The van der Waals surface area contributed by atoms with Crippen molar-refractivity contribution < 1.29 is 0 Å². The minimum absolute atomic E-state index is 0.193. The SMILES string of the molecule is CC(C)(C)[C@H]1CCSC2=NCCC[C@]2(c2ccccc2)C1. The molecule has 2 aliphatic heterocycles. The molecule has 2 heterocycles. The molecule has 1 fully saturated rings. The van der Waals surface area contributed by atoms with Crippen LogP contribution in [0.1, 0.15) is 52.0 Å². The van der Waals surface area contributed by atoms with E-state index in [4.69, 9.17) is 4.99 Å². The molecule has 1 aromatic carbocycles. The van der Waals surface area contributed by atoms with Crippen molar-refractivity contribution in [2.24, 2.45) is 16.3 Å². The zero-order valence-corrected chi connectivity index (χ0v) is 14.4. The van der Waals surface area contributed by atoms with Crippen molar-refractivity contribution in [1.29, 1.82) is 0 Å². The number of nitrogens with zero attached hydrogens (tertiary/aromatic N) is 1. The summed E-state index contributed by atoms with van der Waals surface area (Å²) in [4.78, 5) is 4.96. The van der Waals surface area contributed by atoms with Gasteiger partial charge in [0, 0.05) is 12.0 Å². The van der Waals surface area contributed by atoms with Crippen LogP contribution in [0.3, 0.4) is 0 Å². The summed E-state index contributed by atoms with van der Waals surface area (Å²) in [6, 6.07) is 11.2. The summed E-state index contributed by atoms with van der Waals surface area (Å²) >= 11 is 2.03. The molecule has 1 nitrogen and oxygen atoms in total. The lowest BCUT2D eigenvalue weighted by molar-refractivity contribution is 0.191. The number of fused-ring (bicyclic) bond motifs is 1. The van der Waals surface area contributed by atoms with E-state index in [-0.39, 0.29) is 5.41 Å². The number of aliphatic imine (C=N–C) groups is 1. The first-order valence-electron chi connectivity index (χ1n) is 8.26. The Morgan fingerprint density at radius 1 is 1.19 bits per heavy atom. The lowest BCUT2D eigenvalue weighted by Gasteiger charge is -2.41. The molecule has 0 bridgehead atoms. The Bertz CT molecular complexity index is 514. The molecular formula is C19H27NS. The quantitative estimate of drug-likeness (QED) is 0.685. The van der Waals surface area contributed by atoms with Gasteiger partial charge in [0.1, 0.15) is 0 Å². The number of hydrogen-bond acceptors (Lipinski definition) is 2. The predicted molar refractivity (Wildman–Crippen MR) is 94.3 cm³/mol. The van der Waals surface area contributed by atoms with E-state index in [1.807, 2.05) is 11.8 Å². The number of benzene rings is 1. The van der Waals surface area contributed by atoms with Gasteiger partial charge in [-0.3, -0.25) is 4.99 Å². The Kier molecular flexibility index (Phi) is 4.18. The van der Waals surface area contributed by atoms with Crippen LogP contribution < -0.4 is 0 Å². The van der Waals surface area contributed by atoms with Gasteiger partial charge in [0.15, 0.2) is 0 Å². The first kappa shape index (κ1) is 15.1. The fourth-order valence-corrected chi connectivity index (χ4v) is 5.25. The normalized spacial score (nSPS) is 30.2. The molecule has 0 spiro atoms. The first-order valence-corrected chi connectivity index (χ1v) is 9.24. The largest absolute Gasteiger partial charge is 0.282 e. The third kappa shape index (κ3) is 2.92. The molecular weight excluding hydrogens is 274 g/mol. The highest BCUT2D eigenvalue weighted by atomic mass is 32.2. The van der Waals surface area contributed by atoms with Crippen molar-refractivity contribution >= 4 is 16.8 Å². The third-order valence-electron chi connectivity index (χ3n) is 5.28. The van der Waals surface area contributed by atoms with Crippen LogP contribution in [0, 0.1) is 11.3 Å². The number of rotatable bonds is 1. The Hall–Kier alpha value is -0.760. The van der Waals surface area contributed by atoms with E-state index in [2.05, 4.69) is 51.1 Å². The van der Waals surface area contributed by atoms with Gasteiger partial charge in [-0.1, -0.05) is 51.1 Å². The van der Waals surface area contributed by atoms with E-state index in [9.17, 15) is 0 Å². The van der Waals surface area contributed by atoms with Crippen molar-refractivity contribution in [2.75, 3.05) is 12.3 Å². The van der Waals surface area contributed by atoms with Crippen LogP contribution in [0.2, 0.25) is 0 Å². The van der Waals surface area contributed by atoms with E-state index >= 15 is 0 Å². The topological polar surface area (TPSA) is 12.4 Å². The molecule has 0 aromatic heterocycles. The fraction of sp³-hybridized carbons (Fsp3) is 0.632. The second-order valence-corrected chi connectivity index (χ2v) is 8.73. The summed E-state index contributed by atoms with van der Waals surface area (Å²) in [5.41, 5.74) is 2.07. The minimum Gasteiger partial charge on any atom is -0.282 e. The molecule has 1 aromatic rings. The highest BCUT2D eigenvalue weighted by molar-refractivity contribution is 8.14. The van der Waals surface area contributed by atoms with Crippen molar-refractivity contribution in [3.63, 3.8) is 0 Å². The average molecular weight is 301 g/mol. The summed E-state index contributed by atoms with van der Waals surface area (Å²) in [7, 11) is 0. The molecule has 0 saturated carbocycles. The van der Waals surface area contributed by atoms with Crippen molar-refractivity contribution in [3.8, 4) is 0 Å². The van der Waals surface area contributed by atoms with Gasteiger partial charge in [-0.25, -0.2) is 0 Å².